The molecule has 4 aromatic rings. The molecule has 1 N–H and O–H groups in total. The van der Waals surface area contributed by atoms with Crippen LogP contribution in [0.2, 0.25) is 0 Å². The zero-order valence-electron chi connectivity index (χ0n) is 18.0. The number of fused-ring (bicyclic) bond motifs is 3. The number of rotatable bonds is 8. The third-order valence-electron chi connectivity index (χ3n) is 5.10. The highest BCUT2D eigenvalue weighted by Crippen LogP contribution is 2.28. The molecule has 0 aliphatic heterocycles. The minimum atomic E-state index is -0.485. The number of benzene rings is 1. The predicted octanol–water partition coefficient (Wildman–Crippen LogP) is 2.33. The van der Waals surface area contributed by atoms with Crippen LogP contribution in [0.3, 0.4) is 0 Å². The van der Waals surface area contributed by atoms with E-state index in [-0.39, 0.29) is 17.9 Å². The number of aromatic nitrogens is 4. The fourth-order valence-corrected chi connectivity index (χ4v) is 4.32. The third kappa shape index (κ3) is 3.75. The fourth-order valence-electron chi connectivity index (χ4n) is 3.49. The van der Waals surface area contributed by atoms with Crippen LogP contribution in [0.5, 0.6) is 11.5 Å². The molecule has 1 amide bonds. The molecular weight excluding hydrogens is 434 g/mol. The van der Waals surface area contributed by atoms with Crippen LogP contribution < -0.4 is 26.0 Å². The van der Waals surface area contributed by atoms with Crippen LogP contribution in [0.15, 0.2) is 39.2 Å². The normalized spacial score (nSPS) is 11.2. The third-order valence-corrected chi connectivity index (χ3v) is 5.99. The second kappa shape index (κ2) is 8.87. The van der Waals surface area contributed by atoms with Gasteiger partial charge in [-0.1, -0.05) is 13.3 Å². The number of hydrogen-bond donors (Lipinski definition) is 1. The molecule has 0 bridgehead atoms. The van der Waals surface area contributed by atoms with E-state index in [1.807, 2.05) is 6.92 Å². The van der Waals surface area contributed by atoms with Crippen molar-refractivity contribution in [2.45, 2.75) is 32.9 Å². The van der Waals surface area contributed by atoms with Crippen LogP contribution in [0.25, 0.3) is 16.0 Å². The van der Waals surface area contributed by atoms with E-state index in [9.17, 15) is 14.4 Å². The molecule has 0 spiro atoms. The molecule has 11 heteroatoms. The number of nitrogens with zero attached hydrogens (tertiary/aromatic N) is 4. The van der Waals surface area contributed by atoms with E-state index in [0.717, 1.165) is 17.5 Å². The summed E-state index contributed by atoms with van der Waals surface area (Å²) in [5.41, 5.74) is 0.239. The van der Waals surface area contributed by atoms with Gasteiger partial charge in [0.2, 0.25) is 11.7 Å². The summed E-state index contributed by atoms with van der Waals surface area (Å²) in [7, 11) is 3.01. The van der Waals surface area contributed by atoms with Crippen molar-refractivity contribution in [2.24, 2.45) is 0 Å². The quantitative estimate of drug-likeness (QED) is 0.435. The number of amides is 1. The summed E-state index contributed by atoms with van der Waals surface area (Å²) in [4.78, 5) is 38.8. The Morgan fingerprint density at radius 2 is 2.00 bits per heavy atom. The molecule has 0 aliphatic rings. The minimum Gasteiger partial charge on any atom is -0.497 e. The van der Waals surface area contributed by atoms with Crippen molar-refractivity contribution >= 4 is 38.9 Å². The summed E-state index contributed by atoms with van der Waals surface area (Å²) in [5.74, 6) is 0.762. The average molecular weight is 458 g/mol. The van der Waals surface area contributed by atoms with Gasteiger partial charge in [-0.05, 0) is 30.0 Å². The first-order chi connectivity index (χ1) is 15.5. The van der Waals surface area contributed by atoms with Crippen LogP contribution in [-0.2, 0) is 17.9 Å². The van der Waals surface area contributed by atoms with Crippen molar-refractivity contribution < 1.29 is 14.3 Å². The van der Waals surface area contributed by atoms with Crippen LogP contribution in [0.4, 0.5) is 5.69 Å². The molecule has 0 radical (unpaired) electrons. The second-order valence-electron chi connectivity index (χ2n) is 7.14. The van der Waals surface area contributed by atoms with Crippen molar-refractivity contribution in [2.75, 3.05) is 19.5 Å². The minimum absolute atomic E-state index is 0.182. The Labute approximate surface area is 186 Å². The van der Waals surface area contributed by atoms with Crippen molar-refractivity contribution in [3.8, 4) is 11.5 Å². The smallest absolute Gasteiger partial charge is 0.352 e. The van der Waals surface area contributed by atoms with Gasteiger partial charge in [0.25, 0.3) is 5.56 Å². The highest BCUT2D eigenvalue weighted by atomic mass is 32.1. The van der Waals surface area contributed by atoms with Crippen LogP contribution in [0.1, 0.15) is 19.8 Å². The van der Waals surface area contributed by atoms with Crippen molar-refractivity contribution in [3.05, 3.63) is 50.5 Å². The van der Waals surface area contributed by atoms with Crippen LogP contribution >= 0.6 is 11.3 Å². The molecule has 0 fully saturated rings. The number of anilines is 1. The number of carbonyl (C=O) groups excluding carboxylic acids is 1. The zero-order valence-corrected chi connectivity index (χ0v) is 18.8. The number of aryl methyl sites for hydroxylation is 1. The van der Waals surface area contributed by atoms with E-state index in [2.05, 4.69) is 10.4 Å². The fraction of sp³-hybridized carbons (Fsp3) is 0.333. The molecule has 3 heterocycles. The van der Waals surface area contributed by atoms with E-state index in [4.69, 9.17) is 9.47 Å². The molecule has 0 aliphatic carbocycles. The lowest BCUT2D eigenvalue weighted by Gasteiger charge is -2.11. The number of nitrogens with one attached hydrogen (secondary N) is 1. The van der Waals surface area contributed by atoms with Crippen LogP contribution in [0, 0.1) is 0 Å². The summed E-state index contributed by atoms with van der Waals surface area (Å²) < 4.78 is 14.9. The highest BCUT2D eigenvalue weighted by Gasteiger charge is 2.19. The largest absolute Gasteiger partial charge is 0.497 e. The number of methoxy groups -OCH3 is 2. The van der Waals surface area contributed by atoms with Crippen molar-refractivity contribution in [1.82, 2.24) is 18.7 Å². The average Bonchev–Trinajstić information content (AvgIpc) is 3.39. The molecule has 1 aromatic carbocycles. The van der Waals surface area contributed by atoms with E-state index in [1.165, 1.54) is 34.5 Å². The van der Waals surface area contributed by atoms with Gasteiger partial charge in [0, 0.05) is 12.6 Å². The summed E-state index contributed by atoms with van der Waals surface area (Å²) in [5, 5.41) is 8.83. The van der Waals surface area contributed by atoms with Gasteiger partial charge in [0.05, 0.1) is 25.4 Å². The standard InChI is InChI=1S/C21H23N5O5S/c1-4-5-9-24-19(28)18-15(8-10-32-18)26-20(24)23-25(21(26)29)12-17(27)22-14-11-13(30-2)6-7-16(14)31-3/h6-8,10-11H,4-5,9,12H2,1-3H3,(H,22,27). The lowest BCUT2D eigenvalue weighted by molar-refractivity contribution is -0.117. The lowest BCUT2D eigenvalue weighted by atomic mass is 10.2. The maximum atomic E-state index is 13.1. The molecule has 0 atom stereocenters. The first-order valence-corrected chi connectivity index (χ1v) is 11.0. The number of hydrogen-bond acceptors (Lipinski definition) is 7. The van der Waals surface area contributed by atoms with Crippen molar-refractivity contribution in [1.29, 1.82) is 0 Å². The molecule has 0 unspecified atom stereocenters. The molecule has 0 saturated heterocycles. The first-order valence-electron chi connectivity index (χ1n) is 10.1. The summed E-state index contributed by atoms with van der Waals surface area (Å²) >= 11 is 1.28. The van der Waals surface area contributed by atoms with Crippen molar-refractivity contribution in [3.63, 3.8) is 0 Å². The molecule has 32 heavy (non-hydrogen) atoms. The Morgan fingerprint density at radius 1 is 1.19 bits per heavy atom. The molecule has 10 nitrogen and oxygen atoms in total. The molecule has 4 rings (SSSR count). The maximum Gasteiger partial charge on any atom is 0.352 e. The Morgan fingerprint density at radius 3 is 2.72 bits per heavy atom. The van der Waals surface area contributed by atoms with Gasteiger partial charge in [-0.3, -0.25) is 14.2 Å². The Kier molecular flexibility index (Phi) is 5.99. The first kappa shape index (κ1) is 21.6. The zero-order chi connectivity index (χ0) is 22.8. The monoisotopic (exact) mass is 457 g/mol. The topological polar surface area (TPSA) is 109 Å². The Bertz CT molecular complexity index is 1410. The summed E-state index contributed by atoms with van der Waals surface area (Å²) in [6, 6.07) is 6.72. The lowest BCUT2D eigenvalue weighted by Crippen LogP contribution is -2.29. The Hall–Kier alpha value is -3.60. The van der Waals surface area contributed by atoms with Gasteiger partial charge >= 0.3 is 5.69 Å². The van der Waals surface area contributed by atoms with Gasteiger partial charge in [-0.15, -0.1) is 16.4 Å². The second-order valence-corrected chi connectivity index (χ2v) is 8.05. The number of thiophene rings is 1. The summed E-state index contributed by atoms with van der Waals surface area (Å²) in [6.45, 7) is 2.14. The van der Waals surface area contributed by atoms with E-state index in [0.29, 0.717) is 33.9 Å². The number of ether oxygens (including phenoxy) is 2. The molecule has 0 saturated carbocycles. The highest BCUT2D eigenvalue weighted by molar-refractivity contribution is 7.17. The van der Waals surface area contributed by atoms with E-state index >= 15 is 0 Å². The van der Waals surface area contributed by atoms with Gasteiger partial charge in [0.15, 0.2) is 0 Å². The number of unbranched alkanes of at least 4 members (excludes halogenated alkanes) is 1. The van der Waals surface area contributed by atoms with Gasteiger partial charge in [-0.2, -0.15) is 0 Å². The van der Waals surface area contributed by atoms with E-state index < -0.39 is 11.6 Å². The van der Waals surface area contributed by atoms with Gasteiger partial charge in [0.1, 0.15) is 22.7 Å². The molecule has 168 valence electrons. The maximum absolute atomic E-state index is 13.1. The summed E-state index contributed by atoms with van der Waals surface area (Å²) in [6.07, 6.45) is 1.65. The number of carbonyl (C=O) groups is 1. The van der Waals surface area contributed by atoms with Gasteiger partial charge < -0.3 is 14.8 Å². The molecular formula is C21H23N5O5S. The van der Waals surface area contributed by atoms with E-state index in [1.54, 1.807) is 29.6 Å². The SMILES string of the molecule is CCCCn1c(=O)c2sccc2n2c(=O)n(CC(=O)Nc3cc(OC)ccc3OC)nc12. The predicted molar refractivity (Wildman–Crippen MR) is 122 cm³/mol. The molecule has 3 aromatic heterocycles. The van der Waals surface area contributed by atoms with Gasteiger partial charge in [-0.25, -0.2) is 13.9 Å². The Balaban J connectivity index is 1.73. The van der Waals surface area contributed by atoms with Crippen LogP contribution in [-0.4, -0.2) is 38.9 Å².